The number of thiophene rings is 1. The fraction of sp³-hybridized carbons (Fsp3) is 0.312. The Hall–Kier alpha value is -1.66. The van der Waals surface area contributed by atoms with Crippen LogP contribution in [-0.2, 0) is 15.6 Å². The average Bonchev–Trinajstić information content (AvgIpc) is 2.98. The van der Waals surface area contributed by atoms with Crippen molar-refractivity contribution in [1.29, 1.82) is 0 Å². The van der Waals surface area contributed by atoms with Gasteiger partial charge >= 0.3 is 0 Å². The van der Waals surface area contributed by atoms with Crippen LogP contribution >= 0.6 is 11.3 Å². The molecule has 118 valence electrons. The van der Waals surface area contributed by atoms with E-state index in [1.165, 1.54) is 6.26 Å². The highest BCUT2D eigenvalue weighted by Gasteiger charge is 2.19. The van der Waals surface area contributed by atoms with Crippen LogP contribution in [0.15, 0.2) is 41.8 Å². The van der Waals surface area contributed by atoms with Crippen LogP contribution in [0.1, 0.15) is 33.8 Å². The average molecular weight is 337 g/mol. The van der Waals surface area contributed by atoms with E-state index in [-0.39, 0.29) is 17.7 Å². The Morgan fingerprint density at radius 1 is 1.23 bits per heavy atom. The van der Waals surface area contributed by atoms with E-state index in [0.29, 0.717) is 11.1 Å². The van der Waals surface area contributed by atoms with Gasteiger partial charge in [0, 0.05) is 23.7 Å². The van der Waals surface area contributed by atoms with E-state index >= 15 is 0 Å². The molecule has 1 atom stereocenters. The molecular formula is C16H19NO3S2. The quantitative estimate of drug-likeness (QED) is 0.842. The number of hydrogen-bond acceptors (Lipinski definition) is 4. The molecule has 2 rings (SSSR count). The molecule has 0 aliphatic carbocycles. The smallest absolute Gasteiger partial charge is 0.254 e. The van der Waals surface area contributed by atoms with Crippen molar-refractivity contribution < 1.29 is 13.2 Å². The zero-order chi connectivity index (χ0) is 16.3. The molecule has 0 saturated carbocycles. The zero-order valence-corrected chi connectivity index (χ0v) is 14.4. The van der Waals surface area contributed by atoms with Crippen molar-refractivity contribution in [3.63, 3.8) is 0 Å². The van der Waals surface area contributed by atoms with Gasteiger partial charge in [-0.25, -0.2) is 8.42 Å². The van der Waals surface area contributed by atoms with E-state index in [1.54, 1.807) is 47.5 Å². The van der Waals surface area contributed by atoms with Crippen molar-refractivity contribution in [3.05, 3.63) is 57.8 Å². The van der Waals surface area contributed by atoms with Gasteiger partial charge in [-0.05, 0) is 36.1 Å². The van der Waals surface area contributed by atoms with Crippen molar-refractivity contribution >= 4 is 27.1 Å². The molecule has 0 N–H and O–H groups in total. The van der Waals surface area contributed by atoms with Crippen molar-refractivity contribution in [1.82, 2.24) is 4.90 Å². The first-order chi connectivity index (χ1) is 10.3. The van der Waals surface area contributed by atoms with Crippen molar-refractivity contribution in [2.75, 3.05) is 13.3 Å². The second-order valence-corrected chi connectivity index (χ2v) is 8.49. The largest absolute Gasteiger partial charge is 0.334 e. The van der Waals surface area contributed by atoms with Crippen LogP contribution in [0.2, 0.25) is 0 Å². The normalized spacial score (nSPS) is 12.9. The van der Waals surface area contributed by atoms with Gasteiger partial charge in [-0.1, -0.05) is 18.2 Å². The minimum Gasteiger partial charge on any atom is -0.334 e. The molecule has 0 saturated heterocycles. The highest BCUT2D eigenvalue weighted by atomic mass is 32.2. The molecule has 0 bridgehead atoms. The van der Waals surface area contributed by atoms with Gasteiger partial charge in [0.2, 0.25) is 0 Å². The monoisotopic (exact) mass is 337 g/mol. The molecule has 4 nitrogen and oxygen atoms in total. The van der Waals surface area contributed by atoms with Gasteiger partial charge in [0.15, 0.2) is 9.84 Å². The first-order valence-corrected chi connectivity index (χ1v) is 9.79. The topological polar surface area (TPSA) is 54.5 Å². The SMILES string of the molecule is C[C@@H](c1cccs1)N(C)C(=O)c1ccc(CS(C)(=O)=O)cc1. The fourth-order valence-electron chi connectivity index (χ4n) is 2.15. The summed E-state index contributed by atoms with van der Waals surface area (Å²) in [4.78, 5) is 15.3. The predicted octanol–water partition coefficient (Wildman–Crippen LogP) is 3.13. The van der Waals surface area contributed by atoms with Crippen LogP contribution < -0.4 is 0 Å². The van der Waals surface area contributed by atoms with Gasteiger partial charge in [-0.15, -0.1) is 11.3 Å². The lowest BCUT2D eigenvalue weighted by molar-refractivity contribution is 0.0745. The number of rotatable bonds is 5. The van der Waals surface area contributed by atoms with Crippen molar-refractivity contribution in [2.24, 2.45) is 0 Å². The molecule has 0 aliphatic heterocycles. The number of amides is 1. The maximum Gasteiger partial charge on any atom is 0.254 e. The maximum absolute atomic E-state index is 12.5. The Kier molecular flexibility index (Phi) is 5.03. The summed E-state index contributed by atoms with van der Waals surface area (Å²) in [7, 11) is -1.29. The summed E-state index contributed by atoms with van der Waals surface area (Å²) in [6.45, 7) is 1.99. The maximum atomic E-state index is 12.5. The van der Waals surface area contributed by atoms with Crippen LogP contribution in [0.25, 0.3) is 0 Å². The Labute approximate surface area is 135 Å². The molecule has 6 heteroatoms. The van der Waals surface area contributed by atoms with E-state index in [0.717, 1.165) is 4.88 Å². The highest BCUT2D eigenvalue weighted by Crippen LogP contribution is 2.24. The minimum atomic E-state index is -3.06. The van der Waals surface area contributed by atoms with Gasteiger partial charge in [-0.2, -0.15) is 0 Å². The molecule has 1 aromatic carbocycles. The molecular weight excluding hydrogens is 318 g/mol. The van der Waals surface area contributed by atoms with Crippen LogP contribution in [0, 0.1) is 0 Å². The molecule has 2 aromatic rings. The second-order valence-electron chi connectivity index (χ2n) is 5.37. The molecule has 0 spiro atoms. The third-order valence-electron chi connectivity index (χ3n) is 3.49. The van der Waals surface area contributed by atoms with E-state index in [9.17, 15) is 13.2 Å². The lowest BCUT2D eigenvalue weighted by Gasteiger charge is -2.24. The first kappa shape index (κ1) is 16.7. The van der Waals surface area contributed by atoms with Crippen LogP contribution in [0.4, 0.5) is 0 Å². The van der Waals surface area contributed by atoms with Gasteiger partial charge in [-0.3, -0.25) is 4.79 Å². The van der Waals surface area contributed by atoms with Crippen molar-refractivity contribution in [3.8, 4) is 0 Å². The standard InChI is InChI=1S/C16H19NO3S2/c1-12(15-5-4-10-21-15)17(2)16(18)14-8-6-13(7-9-14)11-22(3,19)20/h4-10,12H,11H2,1-3H3/t12-/m0/s1. The summed E-state index contributed by atoms with van der Waals surface area (Å²) in [6.07, 6.45) is 1.20. The zero-order valence-electron chi connectivity index (χ0n) is 12.8. The number of nitrogens with zero attached hydrogens (tertiary/aromatic N) is 1. The van der Waals surface area contributed by atoms with Gasteiger partial charge in [0.05, 0.1) is 11.8 Å². The number of sulfone groups is 1. The van der Waals surface area contributed by atoms with Crippen LogP contribution in [0.5, 0.6) is 0 Å². The van der Waals surface area contributed by atoms with Gasteiger partial charge in [0.25, 0.3) is 5.91 Å². The molecule has 1 amide bonds. The number of hydrogen-bond donors (Lipinski definition) is 0. The Balaban J connectivity index is 2.12. The highest BCUT2D eigenvalue weighted by molar-refractivity contribution is 7.89. The van der Waals surface area contributed by atoms with E-state index < -0.39 is 9.84 Å². The van der Waals surface area contributed by atoms with E-state index in [1.807, 2.05) is 24.4 Å². The Morgan fingerprint density at radius 2 is 1.86 bits per heavy atom. The number of benzene rings is 1. The summed E-state index contributed by atoms with van der Waals surface area (Å²) in [5.41, 5.74) is 1.25. The molecule has 1 heterocycles. The van der Waals surface area contributed by atoms with E-state index in [2.05, 4.69) is 0 Å². The fourth-order valence-corrected chi connectivity index (χ4v) is 3.77. The number of carbonyl (C=O) groups excluding carboxylic acids is 1. The molecule has 0 radical (unpaired) electrons. The summed E-state index contributed by atoms with van der Waals surface area (Å²) in [5, 5.41) is 1.99. The van der Waals surface area contributed by atoms with Crippen LogP contribution in [0.3, 0.4) is 0 Å². The number of carbonyl (C=O) groups is 1. The predicted molar refractivity (Wildman–Crippen MR) is 89.8 cm³/mol. The molecule has 0 aliphatic rings. The lowest BCUT2D eigenvalue weighted by atomic mass is 10.1. The van der Waals surface area contributed by atoms with E-state index in [4.69, 9.17) is 0 Å². The van der Waals surface area contributed by atoms with Crippen LogP contribution in [-0.4, -0.2) is 32.5 Å². The molecule has 0 unspecified atom stereocenters. The Bertz CT molecular complexity index is 734. The summed E-state index contributed by atoms with van der Waals surface area (Å²) in [6, 6.07) is 10.7. The summed E-state index contributed by atoms with van der Waals surface area (Å²) < 4.78 is 22.5. The van der Waals surface area contributed by atoms with Crippen molar-refractivity contribution in [2.45, 2.75) is 18.7 Å². The summed E-state index contributed by atoms with van der Waals surface area (Å²) >= 11 is 1.62. The molecule has 22 heavy (non-hydrogen) atoms. The first-order valence-electron chi connectivity index (χ1n) is 6.85. The summed E-state index contributed by atoms with van der Waals surface area (Å²) in [5.74, 6) is -0.0880. The third kappa shape index (κ3) is 4.18. The Morgan fingerprint density at radius 3 is 2.36 bits per heavy atom. The lowest BCUT2D eigenvalue weighted by Crippen LogP contribution is -2.29. The molecule has 0 fully saturated rings. The second kappa shape index (κ2) is 6.62. The molecule has 1 aromatic heterocycles. The minimum absolute atomic E-state index is 0.00296. The third-order valence-corrected chi connectivity index (χ3v) is 5.39. The van der Waals surface area contributed by atoms with Gasteiger partial charge in [0.1, 0.15) is 0 Å². The van der Waals surface area contributed by atoms with Gasteiger partial charge < -0.3 is 4.90 Å².